The maximum Gasteiger partial charge on any atom is 0.225 e. The Balaban J connectivity index is 1.29. The van der Waals surface area contributed by atoms with Gasteiger partial charge >= 0.3 is 0 Å². The molecule has 1 aliphatic rings. The molecule has 1 amide bonds. The van der Waals surface area contributed by atoms with Crippen molar-refractivity contribution in [3.63, 3.8) is 0 Å². The topological polar surface area (TPSA) is 65.8 Å². The third-order valence-electron chi connectivity index (χ3n) is 6.52. The van der Waals surface area contributed by atoms with Crippen LogP contribution < -0.4 is 15.1 Å². The fourth-order valence-corrected chi connectivity index (χ4v) is 4.54. The van der Waals surface area contributed by atoms with Crippen molar-refractivity contribution in [1.82, 2.24) is 19.9 Å². The van der Waals surface area contributed by atoms with E-state index < -0.39 is 0 Å². The average Bonchev–Trinajstić information content (AvgIpc) is 3.32. The maximum absolute atomic E-state index is 13.3. The van der Waals surface area contributed by atoms with E-state index >= 15 is 0 Å². The van der Waals surface area contributed by atoms with Crippen LogP contribution in [0, 0.1) is 11.7 Å². The molecule has 8 heteroatoms. The minimum Gasteiger partial charge on any atom is -0.378 e. The highest BCUT2D eigenvalue weighted by Crippen LogP contribution is 2.28. The molecule has 0 aliphatic carbocycles. The quantitative estimate of drug-likeness (QED) is 0.457. The molecule has 0 bridgehead atoms. The molecular formula is C27H29FN6O. The van der Waals surface area contributed by atoms with Gasteiger partial charge in [0.15, 0.2) is 5.82 Å². The predicted molar refractivity (Wildman–Crippen MR) is 136 cm³/mol. The predicted octanol–water partition coefficient (Wildman–Crippen LogP) is 4.13. The first-order valence-corrected chi connectivity index (χ1v) is 11.9. The molecule has 1 saturated heterocycles. The number of nitrogens with one attached hydrogen (secondary N) is 1. The lowest BCUT2D eigenvalue weighted by Crippen LogP contribution is -2.43. The summed E-state index contributed by atoms with van der Waals surface area (Å²) in [5, 5.41) is 7.76. The van der Waals surface area contributed by atoms with E-state index in [1.165, 1.54) is 12.1 Å². The third kappa shape index (κ3) is 4.96. The number of aromatic nitrogens is 3. The van der Waals surface area contributed by atoms with Crippen molar-refractivity contribution >= 4 is 22.9 Å². The molecule has 2 aromatic heterocycles. The number of benzene rings is 2. The Morgan fingerprint density at radius 3 is 2.66 bits per heavy atom. The van der Waals surface area contributed by atoms with E-state index in [0.717, 1.165) is 53.2 Å². The Morgan fingerprint density at radius 1 is 1.14 bits per heavy atom. The molecule has 1 N–H and O–H groups in total. The van der Waals surface area contributed by atoms with Crippen LogP contribution in [-0.2, 0) is 11.3 Å². The lowest BCUT2D eigenvalue weighted by molar-refractivity contribution is -0.125. The Bertz CT molecular complexity index is 1320. The van der Waals surface area contributed by atoms with Crippen molar-refractivity contribution in [3.8, 4) is 11.3 Å². The number of nitrogens with zero attached hydrogens (tertiary/aromatic N) is 5. The van der Waals surface area contributed by atoms with Crippen molar-refractivity contribution in [2.45, 2.75) is 19.4 Å². The van der Waals surface area contributed by atoms with Gasteiger partial charge in [0.2, 0.25) is 5.91 Å². The van der Waals surface area contributed by atoms with Gasteiger partial charge < -0.3 is 15.1 Å². The summed E-state index contributed by atoms with van der Waals surface area (Å²) in [6, 6.07) is 16.5. The van der Waals surface area contributed by atoms with Gasteiger partial charge in [0, 0.05) is 57.4 Å². The van der Waals surface area contributed by atoms with E-state index in [-0.39, 0.29) is 17.6 Å². The number of halogens is 1. The number of hydrogen-bond acceptors (Lipinski definition) is 5. The summed E-state index contributed by atoms with van der Waals surface area (Å²) in [6.45, 7) is 1.95. The van der Waals surface area contributed by atoms with E-state index in [0.29, 0.717) is 13.1 Å². The summed E-state index contributed by atoms with van der Waals surface area (Å²) in [7, 11) is 4.02. The number of anilines is 2. The van der Waals surface area contributed by atoms with Crippen LogP contribution in [0.5, 0.6) is 0 Å². The Morgan fingerprint density at radius 2 is 1.91 bits per heavy atom. The van der Waals surface area contributed by atoms with Gasteiger partial charge in [0.1, 0.15) is 11.3 Å². The van der Waals surface area contributed by atoms with Gasteiger partial charge in [-0.2, -0.15) is 5.10 Å². The molecule has 5 rings (SSSR count). The highest BCUT2D eigenvalue weighted by Gasteiger charge is 2.27. The molecule has 1 aliphatic heterocycles. The zero-order chi connectivity index (χ0) is 24.4. The zero-order valence-electron chi connectivity index (χ0n) is 20.0. The number of carbonyl (C=O) groups excluding carboxylic acids is 1. The Kier molecular flexibility index (Phi) is 6.35. The van der Waals surface area contributed by atoms with Gasteiger partial charge in [-0.15, -0.1) is 0 Å². The first kappa shape index (κ1) is 22.8. The van der Waals surface area contributed by atoms with Crippen molar-refractivity contribution in [2.75, 3.05) is 37.0 Å². The van der Waals surface area contributed by atoms with Gasteiger partial charge in [-0.25, -0.2) is 13.9 Å². The lowest BCUT2D eigenvalue weighted by atomic mass is 9.97. The van der Waals surface area contributed by atoms with Crippen LogP contribution in [0.15, 0.2) is 67.0 Å². The van der Waals surface area contributed by atoms with Crippen molar-refractivity contribution in [3.05, 3.63) is 78.4 Å². The van der Waals surface area contributed by atoms with Gasteiger partial charge in [-0.1, -0.05) is 12.1 Å². The average molecular weight is 473 g/mol. The number of amides is 1. The van der Waals surface area contributed by atoms with Gasteiger partial charge in [0.05, 0.1) is 11.6 Å². The molecule has 2 aromatic carbocycles. The molecule has 0 saturated carbocycles. The van der Waals surface area contributed by atoms with Crippen LogP contribution in [0.2, 0.25) is 0 Å². The molecule has 0 radical (unpaired) electrons. The summed E-state index contributed by atoms with van der Waals surface area (Å²) >= 11 is 0. The standard InChI is InChI=1S/C27H29FN6O/c1-32(2)23-11-5-19(6-12-23)17-30-27(35)21-4-3-14-33(18-21)26-25-16-24(31-34(25)15-13-29-26)20-7-9-22(28)10-8-20/h5-13,15-16,21H,3-4,14,17-18H2,1-2H3,(H,30,35)/t21-/m0/s1. The fourth-order valence-electron chi connectivity index (χ4n) is 4.54. The number of carbonyl (C=O) groups is 1. The van der Waals surface area contributed by atoms with Gasteiger partial charge in [-0.3, -0.25) is 4.79 Å². The highest BCUT2D eigenvalue weighted by molar-refractivity contribution is 5.81. The minimum absolute atomic E-state index is 0.0684. The third-order valence-corrected chi connectivity index (χ3v) is 6.52. The second-order valence-corrected chi connectivity index (χ2v) is 9.18. The summed E-state index contributed by atoms with van der Waals surface area (Å²) in [5.74, 6) is 0.499. The smallest absolute Gasteiger partial charge is 0.225 e. The summed E-state index contributed by atoms with van der Waals surface area (Å²) < 4.78 is 15.1. The van der Waals surface area contributed by atoms with Crippen molar-refractivity contribution in [1.29, 1.82) is 0 Å². The molecule has 1 atom stereocenters. The van der Waals surface area contributed by atoms with E-state index in [9.17, 15) is 9.18 Å². The van der Waals surface area contributed by atoms with Crippen LogP contribution >= 0.6 is 0 Å². The monoisotopic (exact) mass is 472 g/mol. The first-order valence-electron chi connectivity index (χ1n) is 11.9. The SMILES string of the molecule is CN(C)c1ccc(CNC(=O)[C@H]2CCCN(c3nccn4nc(-c5ccc(F)cc5)cc34)C2)cc1. The van der Waals surface area contributed by atoms with Crippen LogP contribution in [0.4, 0.5) is 15.9 Å². The normalized spacial score (nSPS) is 15.9. The summed E-state index contributed by atoms with van der Waals surface area (Å²) in [4.78, 5) is 21.8. The molecule has 3 heterocycles. The van der Waals surface area contributed by atoms with Crippen molar-refractivity contribution < 1.29 is 9.18 Å². The van der Waals surface area contributed by atoms with Gasteiger partial charge in [-0.05, 0) is 60.9 Å². The number of rotatable bonds is 6. The van der Waals surface area contributed by atoms with Crippen LogP contribution in [0.1, 0.15) is 18.4 Å². The van der Waals surface area contributed by atoms with E-state index in [1.807, 2.05) is 38.5 Å². The molecule has 180 valence electrons. The summed E-state index contributed by atoms with van der Waals surface area (Å²) in [5.41, 5.74) is 4.68. The fraction of sp³-hybridized carbons (Fsp3) is 0.296. The number of piperidine rings is 1. The lowest BCUT2D eigenvalue weighted by Gasteiger charge is -2.33. The molecule has 7 nitrogen and oxygen atoms in total. The van der Waals surface area contributed by atoms with E-state index in [1.54, 1.807) is 22.8 Å². The molecular weight excluding hydrogens is 443 g/mol. The molecule has 0 spiro atoms. The Hall–Kier alpha value is -3.94. The largest absolute Gasteiger partial charge is 0.378 e. The second-order valence-electron chi connectivity index (χ2n) is 9.18. The number of hydrogen-bond donors (Lipinski definition) is 1. The molecule has 4 aromatic rings. The van der Waals surface area contributed by atoms with Crippen LogP contribution in [0.3, 0.4) is 0 Å². The zero-order valence-corrected chi connectivity index (χ0v) is 20.0. The highest BCUT2D eigenvalue weighted by atomic mass is 19.1. The number of fused-ring (bicyclic) bond motifs is 1. The summed E-state index contributed by atoms with van der Waals surface area (Å²) in [6.07, 6.45) is 5.30. The van der Waals surface area contributed by atoms with Crippen molar-refractivity contribution in [2.24, 2.45) is 5.92 Å². The maximum atomic E-state index is 13.3. The van der Waals surface area contributed by atoms with E-state index in [4.69, 9.17) is 0 Å². The second kappa shape index (κ2) is 9.74. The Labute approximate surface area is 204 Å². The molecule has 0 unspecified atom stereocenters. The van der Waals surface area contributed by atoms with Crippen LogP contribution in [0.25, 0.3) is 16.8 Å². The first-order chi connectivity index (χ1) is 17.0. The van der Waals surface area contributed by atoms with E-state index in [2.05, 4.69) is 37.3 Å². The van der Waals surface area contributed by atoms with Crippen LogP contribution in [-0.4, -0.2) is 47.7 Å². The van der Waals surface area contributed by atoms with Gasteiger partial charge in [0.25, 0.3) is 0 Å². The molecule has 35 heavy (non-hydrogen) atoms. The minimum atomic E-state index is -0.275. The molecule has 1 fully saturated rings.